The Labute approximate surface area is 176 Å². The van der Waals surface area contributed by atoms with Crippen LogP contribution in [-0.2, 0) is 4.79 Å². The summed E-state index contributed by atoms with van der Waals surface area (Å²) < 4.78 is 18.4. The molecule has 5 N–H and O–H groups in total. The van der Waals surface area contributed by atoms with Gasteiger partial charge >= 0.3 is 5.97 Å². The Bertz CT molecular complexity index is 1160. The number of rotatable bonds is 8. The number of nitrogens with one attached hydrogen (secondary N) is 1. The molecule has 1 atom stereocenters. The largest absolute Gasteiger partial charge is 0.482 e. The van der Waals surface area contributed by atoms with Gasteiger partial charge in [-0.2, -0.15) is 0 Å². The molecule has 160 valence electrons. The van der Waals surface area contributed by atoms with Crippen molar-refractivity contribution in [3.8, 4) is 5.75 Å². The first kappa shape index (κ1) is 21.8. The molecule has 0 aliphatic carbocycles. The fourth-order valence-corrected chi connectivity index (χ4v) is 2.79. The second kappa shape index (κ2) is 9.26. The van der Waals surface area contributed by atoms with Crippen LogP contribution in [0.3, 0.4) is 0 Å². The molecule has 0 aliphatic heterocycles. The van der Waals surface area contributed by atoms with Gasteiger partial charge in [-0.3, -0.25) is 0 Å². The molecule has 3 aromatic rings. The molecule has 0 fully saturated rings. The molecule has 1 aromatic heterocycles. The Morgan fingerprint density at radius 3 is 2.61 bits per heavy atom. The lowest BCUT2D eigenvalue weighted by molar-refractivity contribution is -0.139. The minimum atomic E-state index is -1.27. The second-order valence-corrected chi connectivity index (χ2v) is 6.78. The molecule has 31 heavy (non-hydrogen) atoms. The number of ether oxygens (including phenoxy) is 1. The number of carbonyl (C=O) groups is 1. The number of hydrogen-bond acceptors (Lipinski definition) is 7. The van der Waals surface area contributed by atoms with Gasteiger partial charge in [0.15, 0.2) is 18.2 Å². The van der Waals surface area contributed by atoms with E-state index in [1.54, 1.807) is 19.1 Å². The normalized spacial score (nSPS) is 12.5. The molecule has 0 aliphatic rings. The third-order valence-corrected chi connectivity index (χ3v) is 4.15. The number of amidine groups is 1. The number of halogens is 1. The van der Waals surface area contributed by atoms with Gasteiger partial charge in [0.05, 0.1) is 5.52 Å². The molecule has 3 rings (SSSR count). The number of hydrogen-bond donors (Lipinski definition) is 4. The van der Waals surface area contributed by atoms with E-state index in [1.807, 2.05) is 0 Å². The van der Waals surface area contributed by atoms with Gasteiger partial charge in [0.2, 0.25) is 0 Å². The van der Waals surface area contributed by atoms with E-state index in [-0.39, 0.29) is 29.6 Å². The van der Waals surface area contributed by atoms with E-state index >= 15 is 0 Å². The predicted molar refractivity (Wildman–Crippen MR) is 112 cm³/mol. The zero-order valence-electron chi connectivity index (χ0n) is 16.5. The average Bonchev–Trinajstić information content (AvgIpc) is 2.71. The lowest BCUT2D eigenvalue weighted by Gasteiger charge is -2.13. The summed E-state index contributed by atoms with van der Waals surface area (Å²) in [6.45, 7) is 1.06. The van der Waals surface area contributed by atoms with Crippen LogP contribution in [0.4, 0.5) is 10.2 Å². The molecule has 0 radical (unpaired) electrons. The van der Waals surface area contributed by atoms with E-state index in [4.69, 9.17) is 21.0 Å². The molecular formula is C21H20FN5O4. The number of carboxylic acid groups (broad SMARTS) is 1. The summed E-state index contributed by atoms with van der Waals surface area (Å²) in [6.07, 6.45) is -1.13. The van der Waals surface area contributed by atoms with Crippen LogP contribution in [0.1, 0.15) is 30.8 Å². The Kier molecular flexibility index (Phi) is 6.51. The van der Waals surface area contributed by atoms with E-state index in [9.17, 15) is 14.3 Å². The Morgan fingerprint density at radius 1 is 1.26 bits per heavy atom. The monoisotopic (exact) mass is 425 g/mol. The van der Waals surface area contributed by atoms with Crippen molar-refractivity contribution in [2.45, 2.75) is 19.4 Å². The van der Waals surface area contributed by atoms with Crippen molar-refractivity contribution < 1.29 is 24.1 Å². The molecule has 0 amide bonds. The fraction of sp³-hybridized carbons (Fsp3) is 0.190. The topological polar surface area (TPSA) is 155 Å². The second-order valence-electron chi connectivity index (χ2n) is 6.78. The van der Waals surface area contributed by atoms with Gasteiger partial charge in [-0.1, -0.05) is 12.1 Å². The van der Waals surface area contributed by atoms with Crippen LogP contribution in [0.2, 0.25) is 0 Å². The summed E-state index contributed by atoms with van der Waals surface area (Å²) >= 11 is 0. The standard InChI is InChI=1S/C21H20FN5O4/c1-11(23)8-17(24)26-20-15-7-6-14(31-10-18(28)29)9-16(15)25-21(27-20)19(30)12-2-4-13(22)5-3-12/h2-7,9,19,23,30H,8,10H2,1H3,(H,28,29)(H2,24,25,26,27). The van der Waals surface area contributed by atoms with E-state index in [1.165, 1.54) is 30.3 Å². The quantitative estimate of drug-likeness (QED) is 0.319. The van der Waals surface area contributed by atoms with Gasteiger partial charge in [0.1, 0.15) is 23.5 Å². The Balaban J connectivity index is 2.10. The Hall–Kier alpha value is -3.92. The van der Waals surface area contributed by atoms with Crippen LogP contribution in [0, 0.1) is 11.2 Å². The fourth-order valence-electron chi connectivity index (χ4n) is 2.79. The first-order valence-electron chi connectivity index (χ1n) is 9.20. The average molecular weight is 425 g/mol. The van der Waals surface area contributed by atoms with E-state index in [2.05, 4.69) is 15.0 Å². The van der Waals surface area contributed by atoms with Crippen molar-refractivity contribution in [2.24, 2.45) is 10.7 Å². The number of aliphatic imine (C=N–C) groups is 1. The lowest BCUT2D eigenvalue weighted by atomic mass is 10.1. The van der Waals surface area contributed by atoms with Gasteiger partial charge in [0, 0.05) is 23.6 Å². The number of nitrogens with zero attached hydrogens (tertiary/aromatic N) is 3. The van der Waals surface area contributed by atoms with E-state index in [0.717, 1.165) is 0 Å². The highest BCUT2D eigenvalue weighted by Gasteiger charge is 2.18. The highest BCUT2D eigenvalue weighted by Crippen LogP contribution is 2.30. The SMILES string of the molecule is CC(=N)CC(N)=Nc1nc(C(O)c2ccc(F)cc2)nc2cc(OCC(=O)O)ccc12. The van der Waals surface area contributed by atoms with Crippen molar-refractivity contribution in [2.75, 3.05) is 6.61 Å². The predicted octanol–water partition coefficient (Wildman–Crippen LogP) is 2.73. The molecule has 1 heterocycles. The van der Waals surface area contributed by atoms with Crippen LogP contribution in [0.5, 0.6) is 5.75 Å². The molecule has 9 nitrogen and oxygen atoms in total. The number of benzene rings is 2. The van der Waals surface area contributed by atoms with Crippen molar-refractivity contribution in [3.63, 3.8) is 0 Å². The number of carboxylic acids is 1. The highest BCUT2D eigenvalue weighted by atomic mass is 19.1. The molecule has 1 unspecified atom stereocenters. The molecule has 2 aromatic carbocycles. The highest BCUT2D eigenvalue weighted by molar-refractivity contribution is 6.02. The van der Waals surface area contributed by atoms with Crippen molar-refractivity contribution >= 4 is 34.2 Å². The molecule has 0 bridgehead atoms. The molecule has 0 saturated heterocycles. The number of aromatic nitrogens is 2. The smallest absolute Gasteiger partial charge is 0.341 e. The number of aliphatic hydroxyl groups excluding tert-OH is 1. The number of fused-ring (bicyclic) bond motifs is 1. The zero-order chi connectivity index (χ0) is 22.5. The van der Waals surface area contributed by atoms with E-state index < -0.39 is 24.5 Å². The first-order valence-corrected chi connectivity index (χ1v) is 9.20. The summed E-state index contributed by atoms with van der Waals surface area (Å²) in [6, 6.07) is 9.89. The van der Waals surface area contributed by atoms with E-state index in [0.29, 0.717) is 22.2 Å². The molecule has 10 heteroatoms. The van der Waals surface area contributed by atoms with Gasteiger partial charge in [-0.05, 0) is 36.8 Å². The number of nitrogens with two attached hydrogens (primary N) is 1. The maximum absolute atomic E-state index is 13.2. The summed E-state index contributed by atoms with van der Waals surface area (Å²) in [4.78, 5) is 23.7. The van der Waals surface area contributed by atoms with Gasteiger partial charge in [0.25, 0.3) is 0 Å². The minimum Gasteiger partial charge on any atom is -0.482 e. The maximum Gasteiger partial charge on any atom is 0.341 e. The van der Waals surface area contributed by atoms with Gasteiger partial charge in [-0.25, -0.2) is 24.1 Å². The number of aliphatic carboxylic acids is 1. The van der Waals surface area contributed by atoms with Crippen LogP contribution in [0.25, 0.3) is 10.9 Å². The minimum absolute atomic E-state index is 0.00684. The van der Waals surface area contributed by atoms with Crippen molar-refractivity contribution in [3.05, 3.63) is 59.7 Å². The molecule has 0 saturated carbocycles. The van der Waals surface area contributed by atoms with Gasteiger partial charge < -0.3 is 26.1 Å². The molecule has 0 spiro atoms. The zero-order valence-corrected chi connectivity index (χ0v) is 16.5. The van der Waals surface area contributed by atoms with Crippen LogP contribution < -0.4 is 10.5 Å². The first-order chi connectivity index (χ1) is 14.7. The summed E-state index contributed by atoms with van der Waals surface area (Å²) in [5, 5.41) is 27.6. The number of aliphatic hydroxyl groups is 1. The Morgan fingerprint density at radius 2 is 1.97 bits per heavy atom. The summed E-state index contributed by atoms with van der Waals surface area (Å²) in [5.74, 6) is -1.00. The van der Waals surface area contributed by atoms with Crippen LogP contribution >= 0.6 is 0 Å². The van der Waals surface area contributed by atoms with Crippen LogP contribution in [-0.4, -0.2) is 44.3 Å². The lowest BCUT2D eigenvalue weighted by Crippen LogP contribution is -2.15. The maximum atomic E-state index is 13.2. The third-order valence-electron chi connectivity index (χ3n) is 4.15. The van der Waals surface area contributed by atoms with Gasteiger partial charge in [-0.15, -0.1) is 0 Å². The van der Waals surface area contributed by atoms with Crippen molar-refractivity contribution in [1.29, 1.82) is 5.41 Å². The summed E-state index contributed by atoms with van der Waals surface area (Å²) in [5.41, 5.74) is 6.94. The van der Waals surface area contributed by atoms with Crippen molar-refractivity contribution in [1.82, 2.24) is 9.97 Å². The van der Waals surface area contributed by atoms with Crippen LogP contribution in [0.15, 0.2) is 47.5 Å². The third kappa shape index (κ3) is 5.58. The molecular weight excluding hydrogens is 405 g/mol. The summed E-state index contributed by atoms with van der Waals surface area (Å²) in [7, 11) is 0.